The highest BCUT2D eigenvalue weighted by atomic mass is 16.3. The number of anilines is 2. The van der Waals surface area contributed by atoms with Gasteiger partial charge in [0.25, 0.3) is 0 Å². The number of aliphatic hydroxyl groups excluding tert-OH is 1. The van der Waals surface area contributed by atoms with Gasteiger partial charge in [0, 0.05) is 31.1 Å². The number of hydrogen-bond donors (Lipinski definition) is 2. The summed E-state index contributed by atoms with van der Waals surface area (Å²) in [5, 5.41) is 8.95. The fourth-order valence-electron chi connectivity index (χ4n) is 2.88. The molecule has 3 N–H and O–H groups in total. The molecule has 0 aliphatic carbocycles. The lowest BCUT2D eigenvalue weighted by Gasteiger charge is -2.26. The van der Waals surface area contributed by atoms with Crippen molar-refractivity contribution in [3.63, 3.8) is 0 Å². The second-order valence-electron chi connectivity index (χ2n) is 5.68. The van der Waals surface area contributed by atoms with Gasteiger partial charge in [0.05, 0.1) is 6.54 Å². The van der Waals surface area contributed by atoms with Gasteiger partial charge < -0.3 is 15.7 Å². The van der Waals surface area contributed by atoms with Crippen molar-refractivity contribution in [3.05, 3.63) is 24.3 Å². The maximum absolute atomic E-state index is 12.4. The molecule has 1 aromatic rings. The van der Waals surface area contributed by atoms with Crippen molar-refractivity contribution >= 4 is 17.3 Å². The molecule has 21 heavy (non-hydrogen) atoms. The molecule has 1 fully saturated rings. The summed E-state index contributed by atoms with van der Waals surface area (Å²) in [6.45, 7) is 1.64. The Kier molecular flexibility index (Phi) is 5.59. The van der Waals surface area contributed by atoms with E-state index in [2.05, 4.69) is 4.90 Å². The van der Waals surface area contributed by atoms with Crippen LogP contribution in [0.1, 0.15) is 25.7 Å². The van der Waals surface area contributed by atoms with Crippen molar-refractivity contribution in [1.82, 2.24) is 4.90 Å². The number of likely N-dealkylation sites (tertiary alicyclic amines) is 1. The Hall–Kier alpha value is -1.59. The van der Waals surface area contributed by atoms with E-state index < -0.39 is 0 Å². The quantitative estimate of drug-likeness (QED) is 0.779. The van der Waals surface area contributed by atoms with Crippen LogP contribution in [-0.2, 0) is 4.79 Å². The third-order valence-electron chi connectivity index (χ3n) is 4.19. The number of hydrogen-bond acceptors (Lipinski definition) is 4. The zero-order valence-electron chi connectivity index (χ0n) is 12.7. The van der Waals surface area contributed by atoms with Crippen LogP contribution in [0.2, 0.25) is 0 Å². The largest absolute Gasteiger partial charge is 0.399 e. The number of benzene rings is 1. The molecule has 0 aromatic heterocycles. The topological polar surface area (TPSA) is 69.8 Å². The van der Waals surface area contributed by atoms with Crippen LogP contribution in [0.25, 0.3) is 0 Å². The van der Waals surface area contributed by atoms with Crippen molar-refractivity contribution in [1.29, 1.82) is 0 Å². The Morgan fingerprint density at radius 1 is 1.43 bits per heavy atom. The van der Waals surface area contributed by atoms with E-state index in [1.165, 1.54) is 0 Å². The van der Waals surface area contributed by atoms with Crippen LogP contribution in [-0.4, -0.2) is 48.7 Å². The second kappa shape index (κ2) is 7.43. The van der Waals surface area contributed by atoms with Gasteiger partial charge in [-0.05, 0) is 56.5 Å². The summed E-state index contributed by atoms with van der Waals surface area (Å²) in [5.74, 6) is 0.0932. The molecular weight excluding hydrogens is 266 g/mol. The van der Waals surface area contributed by atoms with Gasteiger partial charge in [0.2, 0.25) is 5.91 Å². The number of amides is 1. The molecule has 1 saturated heterocycles. The van der Waals surface area contributed by atoms with E-state index in [1.54, 1.807) is 24.1 Å². The average Bonchev–Trinajstić information content (AvgIpc) is 2.92. The number of rotatable bonds is 6. The van der Waals surface area contributed by atoms with Gasteiger partial charge in [-0.1, -0.05) is 0 Å². The van der Waals surface area contributed by atoms with Gasteiger partial charge in [-0.3, -0.25) is 9.69 Å². The molecule has 1 aliphatic rings. The second-order valence-corrected chi connectivity index (χ2v) is 5.68. The summed E-state index contributed by atoms with van der Waals surface area (Å²) in [6.07, 6.45) is 4.03. The van der Waals surface area contributed by atoms with Gasteiger partial charge in [-0.15, -0.1) is 0 Å². The van der Waals surface area contributed by atoms with Crippen LogP contribution in [0.15, 0.2) is 24.3 Å². The molecule has 1 amide bonds. The molecule has 0 radical (unpaired) electrons. The first-order valence-corrected chi connectivity index (χ1v) is 7.59. The van der Waals surface area contributed by atoms with Crippen LogP contribution in [0.3, 0.4) is 0 Å². The first-order chi connectivity index (χ1) is 10.1. The van der Waals surface area contributed by atoms with Crippen LogP contribution < -0.4 is 10.6 Å². The molecule has 0 saturated carbocycles. The van der Waals surface area contributed by atoms with Crippen LogP contribution in [0.5, 0.6) is 0 Å². The van der Waals surface area contributed by atoms with Crippen LogP contribution in [0, 0.1) is 0 Å². The predicted octanol–water partition coefficient (Wildman–Crippen LogP) is 1.47. The first-order valence-electron chi connectivity index (χ1n) is 7.59. The van der Waals surface area contributed by atoms with E-state index >= 15 is 0 Å². The maximum atomic E-state index is 12.4. The lowest BCUT2D eigenvalue weighted by molar-refractivity contribution is -0.119. The van der Waals surface area contributed by atoms with Crippen molar-refractivity contribution in [2.75, 3.05) is 37.4 Å². The Balaban J connectivity index is 1.92. The Morgan fingerprint density at radius 3 is 2.81 bits per heavy atom. The van der Waals surface area contributed by atoms with Gasteiger partial charge in [0.15, 0.2) is 0 Å². The number of aliphatic hydroxyl groups is 1. The Bertz CT molecular complexity index is 461. The first kappa shape index (κ1) is 15.8. The number of likely N-dealkylation sites (N-methyl/N-ethyl adjacent to an activating group) is 1. The normalized spacial score (nSPS) is 18.9. The van der Waals surface area contributed by atoms with E-state index in [0.29, 0.717) is 18.3 Å². The number of nitrogens with zero attached hydrogens (tertiary/aromatic N) is 2. The summed E-state index contributed by atoms with van der Waals surface area (Å²) in [4.78, 5) is 16.3. The van der Waals surface area contributed by atoms with E-state index in [-0.39, 0.29) is 12.5 Å². The molecule has 5 nitrogen and oxygen atoms in total. The maximum Gasteiger partial charge on any atom is 0.240 e. The Morgan fingerprint density at radius 2 is 2.14 bits per heavy atom. The summed E-state index contributed by atoms with van der Waals surface area (Å²) >= 11 is 0. The molecule has 1 aliphatic heterocycles. The zero-order valence-corrected chi connectivity index (χ0v) is 12.7. The van der Waals surface area contributed by atoms with E-state index in [4.69, 9.17) is 10.8 Å². The highest BCUT2D eigenvalue weighted by Gasteiger charge is 2.26. The minimum absolute atomic E-state index is 0.0932. The van der Waals surface area contributed by atoms with E-state index in [0.717, 1.165) is 37.9 Å². The predicted molar refractivity (Wildman–Crippen MR) is 85.2 cm³/mol. The summed E-state index contributed by atoms with van der Waals surface area (Å²) < 4.78 is 0. The number of carbonyl (C=O) groups is 1. The number of nitrogen functional groups attached to an aromatic ring is 1. The number of nitrogens with two attached hydrogens (primary N) is 1. The molecule has 0 spiro atoms. The third-order valence-corrected chi connectivity index (χ3v) is 4.19. The van der Waals surface area contributed by atoms with Gasteiger partial charge in [0.1, 0.15) is 0 Å². The lowest BCUT2D eigenvalue weighted by atomic mass is 10.1. The van der Waals surface area contributed by atoms with Gasteiger partial charge in [-0.25, -0.2) is 0 Å². The highest BCUT2D eigenvalue weighted by Crippen LogP contribution is 2.22. The summed E-state index contributed by atoms with van der Waals surface area (Å²) in [7, 11) is 1.80. The monoisotopic (exact) mass is 291 g/mol. The van der Waals surface area contributed by atoms with E-state index in [9.17, 15) is 4.79 Å². The summed E-state index contributed by atoms with van der Waals surface area (Å²) in [6, 6.07) is 7.76. The average molecular weight is 291 g/mol. The minimum atomic E-state index is 0.0932. The molecule has 1 heterocycles. The van der Waals surface area contributed by atoms with Crippen LogP contribution >= 0.6 is 0 Å². The van der Waals surface area contributed by atoms with Crippen molar-refractivity contribution in [2.45, 2.75) is 31.7 Å². The molecular formula is C16H25N3O2. The van der Waals surface area contributed by atoms with Crippen molar-refractivity contribution < 1.29 is 9.90 Å². The molecule has 0 bridgehead atoms. The van der Waals surface area contributed by atoms with Crippen molar-refractivity contribution in [2.24, 2.45) is 0 Å². The SMILES string of the molecule is CN(C(=O)CN1CCCC1CCCO)c1ccc(N)cc1. The van der Waals surface area contributed by atoms with Gasteiger partial charge >= 0.3 is 0 Å². The highest BCUT2D eigenvalue weighted by molar-refractivity contribution is 5.94. The van der Waals surface area contributed by atoms with Gasteiger partial charge in [-0.2, -0.15) is 0 Å². The molecule has 116 valence electrons. The van der Waals surface area contributed by atoms with E-state index in [1.807, 2.05) is 12.1 Å². The fourth-order valence-corrected chi connectivity index (χ4v) is 2.88. The summed E-state index contributed by atoms with van der Waals surface area (Å²) in [5.41, 5.74) is 7.23. The fraction of sp³-hybridized carbons (Fsp3) is 0.562. The smallest absolute Gasteiger partial charge is 0.240 e. The molecule has 2 rings (SSSR count). The lowest BCUT2D eigenvalue weighted by Crippen LogP contribution is -2.40. The number of carbonyl (C=O) groups excluding carboxylic acids is 1. The molecule has 1 aromatic carbocycles. The minimum Gasteiger partial charge on any atom is -0.399 e. The molecule has 1 unspecified atom stereocenters. The molecule has 1 atom stereocenters. The Labute approximate surface area is 126 Å². The zero-order chi connectivity index (χ0) is 15.2. The molecule has 5 heteroatoms. The van der Waals surface area contributed by atoms with Crippen LogP contribution in [0.4, 0.5) is 11.4 Å². The third kappa shape index (κ3) is 4.19. The standard InChI is InChI=1S/C16H25N3O2/c1-18(14-8-6-13(17)7-9-14)16(21)12-19-10-2-4-15(19)5-3-11-20/h6-9,15,20H,2-5,10-12,17H2,1H3. The van der Waals surface area contributed by atoms with Crippen molar-refractivity contribution in [3.8, 4) is 0 Å².